The fourth-order valence-electron chi connectivity index (χ4n) is 1.35. The Hall–Kier alpha value is -0.170. The highest BCUT2D eigenvalue weighted by molar-refractivity contribution is 7.89. The molecule has 98 valence electrons. The van der Waals surface area contributed by atoms with Gasteiger partial charge in [0.05, 0.1) is 11.4 Å². The molecule has 0 fully saturated rings. The first-order valence-electron chi connectivity index (χ1n) is 5.64. The molecule has 0 heterocycles. The zero-order chi connectivity index (χ0) is 12.8. The van der Waals surface area contributed by atoms with Crippen LogP contribution in [0.3, 0.4) is 0 Å². The maximum absolute atomic E-state index is 11.9. The van der Waals surface area contributed by atoms with E-state index in [1.165, 1.54) is 4.31 Å². The maximum Gasteiger partial charge on any atom is 0.215 e. The fourth-order valence-corrected chi connectivity index (χ4v) is 2.91. The molecule has 6 heteroatoms. The summed E-state index contributed by atoms with van der Waals surface area (Å²) in [5, 5.41) is 12.6. The van der Waals surface area contributed by atoms with E-state index >= 15 is 0 Å². The van der Waals surface area contributed by atoms with Gasteiger partial charge in [-0.2, -0.15) is 4.31 Å². The first-order valence-corrected chi connectivity index (χ1v) is 7.24. The van der Waals surface area contributed by atoms with Gasteiger partial charge in [-0.3, -0.25) is 0 Å². The topological polar surface area (TPSA) is 69.6 Å². The lowest BCUT2D eigenvalue weighted by Gasteiger charge is -2.27. The minimum atomic E-state index is -3.27. The summed E-state index contributed by atoms with van der Waals surface area (Å²) in [7, 11) is -3.27. The van der Waals surface area contributed by atoms with Crippen molar-refractivity contribution in [2.24, 2.45) is 0 Å². The van der Waals surface area contributed by atoms with Crippen molar-refractivity contribution in [3.8, 4) is 0 Å². The summed E-state index contributed by atoms with van der Waals surface area (Å²) in [6.45, 7) is 8.65. The van der Waals surface area contributed by atoms with Gasteiger partial charge in [0.2, 0.25) is 10.0 Å². The molecule has 0 aliphatic carbocycles. The molecule has 16 heavy (non-hydrogen) atoms. The molecule has 0 aromatic heterocycles. The summed E-state index contributed by atoms with van der Waals surface area (Å²) in [5.74, 6) is 0.0742. The molecular weight excluding hydrogens is 228 g/mol. The van der Waals surface area contributed by atoms with Crippen molar-refractivity contribution in [3.63, 3.8) is 0 Å². The average Bonchev–Trinajstić information content (AvgIpc) is 2.13. The van der Waals surface area contributed by atoms with Crippen molar-refractivity contribution >= 4 is 10.0 Å². The van der Waals surface area contributed by atoms with Crippen LogP contribution in [0.25, 0.3) is 0 Å². The molecule has 0 unspecified atom stereocenters. The Kier molecular flexibility index (Phi) is 6.47. The smallest absolute Gasteiger partial charge is 0.215 e. The van der Waals surface area contributed by atoms with Gasteiger partial charge in [0, 0.05) is 19.6 Å². The van der Waals surface area contributed by atoms with Crippen molar-refractivity contribution in [1.82, 2.24) is 9.62 Å². The lowest BCUT2D eigenvalue weighted by atomic mass is 10.1. The van der Waals surface area contributed by atoms with E-state index in [-0.39, 0.29) is 12.3 Å². The molecule has 0 saturated carbocycles. The quantitative estimate of drug-likeness (QED) is 0.598. The maximum atomic E-state index is 11.9. The predicted molar refractivity (Wildman–Crippen MR) is 65.9 cm³/mol. The summed E-state index contributed by atoms with van der Waals surface area (Å²) in [4.78, 5) is 0. The SMILES string of the molecule is CCNCCS(=O)(=O)N(CC)CC(C)(C)O. The number of likely N-dealkylation sites (N-methyl/N-ethyl adjacent to an activating group) is 1. The number of nitrogens with zero attached hydrogens (tertiary/aromatic N) is 1. The van der Waals surface area contributed by atoms with Gasteiger partial charge >= 0.3 is 0 Å². The van der Waals surface area contributed by atoms with Crippen LogP contribution in [0.5, 0.6) is 0 Å². The number of hydrogen-bond donors (Lipinski definition) is 2. The molecule has 0 aromatic carbocycles. The van der Waals surface area contributed by atoms with E-state index < -0.39 is 15.6 Å². The minimum Gasteiger partial charge on any atom is -0.389 e. The molecule has 0 atom stereocenters. The standard InChI is InChI=1S/C10H24N2O3S/c1-5-11-7-8-16(14,15)12(6-2)9-10(3,4)13/h11,13H,5-9H2,1-4H3. The van der Waals surface area contributed by atoms with E-state index in [9.17, 15) is 13.5 Å². The van der Waals surface area contributed by atoms with Crippen LogP contribution in [-0.2, 0) is 10.0 Å². The Morgan fingerprint density at radius 2 is 1.88 bits per heavy atom. The Balaban J connectivity index is 4.44. The van der Waals surface area contributed by atoms with Crippen molar-refractivity contribution < 1.29 is 13.5 Å². The first-order chi connectivity index (χ1) is 7.23. The van der Waals surface area contributed by atoms with Gasteiger partial charge in [-0.1, -0.05) is 13.8 Å². The number of sulfonamides is 1. The number of hydrogen-bond acceptors (Lipinski definition) is 4. The third-order valence-electron chi connectivity index (χ3n) is 2.10. The Labute approximate surface area is 98.9 Å². The van der Waals surface area contributed by atoms with Gasteiger partial charge < -0.3 is 10.4 Å². The molecule has 0 aliphatic heterocycles. The van der Waals surface area contributed by atoms with E-state index in [1.807, 2.05) is 6.92 Å². The van der Waals surface area contributed by atoms with E-state index in [0.29, 0.717) is 13.1 Å². The first kappa shape index (κ1) is 15.8. The van der Waals surface area contributed by atoms with Crippen LogP contribution in [-0.4, -0.2) is 55.4 Å². The second kappa shape index (κ2) is 6.54. The normalized spacial score (nSPS) is 13.4. The van der Waals surface area contributed by atoms with E-state index in [4.69, 9.17) is 0 Å². The second-order valence-corrected chi connectivity index (χ2v) is 6.50. The molecular formula is C10H24N2O3S. The van der Waals surface area contributed by atoms with Gasteiger partial charge in [-0.15, -0.1) is 0 Å². The molecule has 0 rings (SSSR count). The second-order valence-electron chi connectivity index (χ2n) is 4.41. The van der Waals surface area contributed by atoms with Gasteiger partial charge in [0.25, 0.3) is 0 Å². The average molecular weight is 252 g/mol. The van der Waals surface area contributed by atoms with Crippen molar-refractivity contribution in [3.05, 3.63) is 0 Å². The van der Waals surface area contributed by atoms with Crippen LogP contribution >= 0.6 is 0 Å². The van der Waals surface area contributed by atoms with Crippen LogP contribution in [0.1, 0.15) is 27.7 Å². The Morgan fingerprint density at radius 1 is 1.31 bits per heavy atom. The third-order valence-corrected chi connectivity index (χ3v) is 3.99. The van der Waals surface area contributed by atoms with Gasteiger partial charge in [0.1, 0.15) is 0 Å². The van der Waals surface area contributed by atoms with E-state index in [0.717, 1.165) is 6.54 Å². The van der Waals surface area contributed by atoms with Crippen molar-refractivity contribution in [2.75, 3.05) is 31.9 Å². The lowest BCUT2D eigenvalue weighted by molar-refractivity contribution is 0.0601. The number of rotatable bonds is 8. The molecule has 0 spiro atoms. The summed E-state index contributed by atoms with van der Waals surface area (Å²) >= 11 is 0. The molecule has 0 aromatic rings. The van der Waals surface area contributed by atoms with Crippen LogP contribution < -0.4 is 5.32 Å². The Bertz CT molecular complexity index is 283. The van der Waals surface area contributed by atoms with Crippen LogP contribution in [0.15, 0.2) is 0 Å². The van der Waals surface area contributed by atoms with E-state index in [2.05, 4.69) is 5.32 Å². The zero-order valence-corrected chi connectivity index (χ0v) is 11.5. The van der Waals surface area contributed by atoms with Crippen LogP contribution in [0.2, 0.25) is 0 Å². The fraction of sp³-hybridized carbons (Fsp3) is 1.00. The highest BCUT2D eigenvalue weighted by atomic mass is 32.2. The summed E-state index contributed by atoms with van der Waals surface area (Å²) < 4.78 is 25.1. The van der Waals surface area contributed by atoms with Gasteiger partial charge in [-0.05, 0) is 20.4 Å². The monoisotopic (exact) mass is 252 g/mol. The molecule has 0 radical (unpaired) electrons. The van der Waals surface area contributed by atoms with E-state index in [1.54, 1.807) is 20.8 Å². The van der Waals surface area contributed by atoms with Crippen LogP contribution in [0.4, 0.5) is 0 Å². The van der Waals surface area contributed by atoms with Gasteiger partial charge in [-0.25, -0.2) is 8.42 Å². The molecule has 0 aliphatic rings. The predicted octanol–water partition coefficient (Wildman–Crippen LogP) is 0.0185. The highest BCUT2D eigenvalue weighted by Gasteiger charge is 2.26. The third kappa shape index (κ3) is 6.42. The van der Waals surface area contributed by atoms with Crippen molar-refractivity contribution in [1.29, 1.82) is 0 Å². The molecule has 0 amide bonds. The summed E-state index contributed by atoms with van der Waals surface area (Å²) in [6, 6.07) is 0. The summed E-state index contributed by atoms with van der Waals surface area (Å²) in [5.41, 5.74) is -0.999. The Morgan fingerprint density at radius 3 is 2.25 bits per heavy atom. The molecule has 0 bridgehead atoms. The number of nitrogens with one attached hydrogen (secondary N) is 1. The van der Waals surface area contributed by atoms with Crippen molar-refractivity contribution in [2.45, 2.75) is 33.3 Å². The highest BCUT2D eigenvalue weighted by Crippen LogP contribution is 2.09. The molecule has 2 N–H and O–H groups in total. The molecule has 5 nitrogen and oxygen atoms in total. The largest absolute Gasteiger partial charge is 0.389 e. The zero-order valence-electron chi connectivity index (χ0n) is 10.7. The molecule has 0 saturated heterocycles. The number of aliphatic hydroxyl groups is 1. The summed E-state index contributed by atoms with van der Waals surface area (Å²) in [6.07, 6.45) is 0. The lowest BCUT2D eigenvalue weighted by Crippen LogP contribution is -2.44. The van der Waals surface area contributed by atoms with Gasteiger partial charge in [0.15, 0.2) is 0 Å². The van der Waals surface area contributed by atoms with Crippen LogP contribution in [0, 0.1) is 0 Å². The minimum absolute atomic E-state index is 0.0742.